The van der Waals surface area contributed by atoms with Crippen molar-refractivity contribution in [3.05, 3.63) is 20.8 Å². The van der Waals surface area contributed by atoms with E-state index >= 15 is 0 Å². The Kier molecular flexibility index (Phi) is 4.60. The van der Waals surface area contributed by atoms with Crippen LogP contribution in [0.2, 0.25) is 0 Å². The summed E-state index contributed by atoms with van der Waals surface area (Å²) in [6.07, 6.45) is 9.82. The van der Waals surface area contributed by atoms with Crippen LogP contribution in [0.25, 0.3) is 11.2 Å². The quantitative estimate of drug-likeness (QED) is 0.863. The first-order valence-corrected chi connectivity index (χ1v) is 9.62. The monoisotopic (exact) mass is 361 g/mol. The van der Waals surface area contributed by atoms with Crippen molar-refractivity contribution in [3.63, 3.8) is 0 Å². The van der Waals surface area contributed by atoms with E-state index in [0.717, 1.165) is 32.1 Å². The van der Waals surface area contributed by atoms with Gasteiger partial charge in [-0.1, -0.05) is 25.7 Å². The Morgan fingerprint density at radius 1 is 1.04 bits per heavy atom. The summed E-state index contributed by atoms with van der Waals surface area (Å²) in [7, 11) is 3.41. The predicted molar refractivity (Wildman–Crippen MR) is 99.6 cm³/mol. The van der Waals surface area contributed by atoms with Gasteiger partial charge in [-0.3, -0.25) is 14.3 Å². The number of nitrogens with zero attached hydrogens (tertiary/aromatic N) is 3. The molecular formula is C18H27N5O3. The lowest BCUT2D eigenvalue weighted by Crippen LogP contribution is -2.40. The molecule has 0 spiro atoms. The van der Waals surface area contributed by atoms with Crippen molar-refractivity contribution in [3.8, 4) is 0 Å². The second-order valence-electron chi connectivity index (χ2n) is 7.60. The summed E-state index contributed by atoms with van der Waals surface area (Å²) >= 11 is 0. The molecule has 142 valence electrons. The maximum Gasteiger partial charge on any atom is 0.329 e. The van der Waals surface area contributed by atoms with E-state index in [9.17, 15) is 9.59 Å². The van der Waals surface area contributed by atoms with Gasteiger partial charge in [0, 0.05) is 14.1 Å². The summed E-state index contributed by atoms with van der Waals surface area (Å²) in [5.41, 5.74) is -0.0627. The van der Waals surface area contributed by atoms with Crippen molar-refractivity contribution in [2.45, 2.75) is 69.6 Å². The zero-order valence-corrected chi connectivity index (χ0v) is 15.5. The molecule has 2 N–H and O–H groups in total. The Morgan fingerprint density at radius 2 is 1.73 bits per heavy atom. The molecule has 0 saturated heterocycles. The molecule has 8 heteroatoms. The zero-order chi connectivity index (χ0) is 18.3. The number of hydrogen-bond donors (Lipinski definition) is 2. The van der Waals surface area contributed by atoms with E-state index in [1.54, 1.807) is 18.7 Å². The summed E-state index contributed by atoms with van der Waals surface area (Å²) in [4.78, 5) is 30.9. The van der Waals surface area contributed by atoms with Gasteiger partial charge in [0.2, 0.25) is 5.95 Å². The van der Waals surface area contributed by atoms with Crippen LogP contribution >= 0.6 is 0 Å². The number of fused-ring (bicyclic) bond motifs is 1. The van der Waals surface area contributed by atoms with Crippen molar-refractivity contribution in [1.29, 1.82) is 0 Å². The van der Waals surface area contributed by atoms with E-state index in [1.165, 1.54) is 23.8 Å². The molecule has 8 nitrogen and oxygen atoms in total. The largest absolute Gasteiger partial charge is 0.373 e. The third-order valence-electron chi connectivity index (χ3n) is 5.82. The molecule has 2 aromatic heterocycles. The fourth-order valence-electron chi connectivity index (χ4n) is 4.30. The average molecular weight is 361 g/mol. The molecular weight excluding hydrogens is 334 g/mol. The van der Waals surface area contributed by atoms with Crippen LogP contribution in [0.5, 0.6) is 0 Å². The van der Waals surface area contributed by atoms with E-state index in [4.69, 9.17) is 4.74 Å². The first-order chi connectivity index (χ1) is 12.5. The minimum Gasteiger partial charge on any atom is -0.373 e. The first-order valence-electron chi connectivity index (χ1n) is 9.62. The highest BCUT2D eigenvalue weighted by molar-refractivity contribution is 5.73. The van der Waals surface area contributed by atoms with Crippen LogP contribution in [0.4, 0.5) is 5.95 Å². The molecule has 2 heterocycles. The number of imidazole rings is 1. The summed E-state index contributed by atoms with van der Waals surface area (Å²) in [5, 5.41) is 3.50. The lowest BCUT2D eigenvalue weighted by molar-refractivity contribution is -0.0323. The normalized spacial score (nSPS) is 24.4. The minimum absolute atomic E-state index is 0.175. The molecule has 26 heavy (non-hydrogen) atoms. The summed E-state index contributed by atoms with van der Waals surface area (Å²) in [5.74, 6) is 0.610. The minimum atomic E-state index is -0.452. The molecule has 2 aromatic rings. The van der Waals surface area contributed by atoms with Gasteiger partial charge in [-0.15, -0.1) is 0 Å². The van der Waals surface area contributed by atoms with Crippen molar-refractivity contribution in [1.82, 2.24) is 19.1 Å². The van der Waals surface area contributed by atoms with E-state index in [2.05, 4.69) is 15.3 Å². The Labute approximate surface area is 151 Å². The topological polar surface area (TPSA) is 93.9 Å². The molecule has 2 saturated carbocycles. The molecule has 0 radical (unpaired) electrons. The molecule has 0 aliphatic heterocycles. The number of hydrogen-bond acceptors (Lipinski definition) is 5. The number of H-pyrrole nitrogens is 1. The van der Waals surface area contributed by atoms with Gasteiger partial charge in [0.25, 0.3) is 5.56 Å². The average Bonchev–Trinajstić information content (AvgIpc) is 3.23. The smallest absolute Gasteiger partial charge is 0.329 e. The van der Waals surface area contributed by atoms with Gasteiger partial charge in [-0.25, -0.2) is 4.79 Å². The fourth-order valence-corrected chi connectivity index (χ4v) is 4.30. The van der Waals surface area contributed by atoms with Crippen molar-refractivity contribution < 1.29 is 4.74 Å². The predicted octanol–water partition coefficient (Wildman–Crippen LogP) is 1.64. The molecule has 2 atom stereocenters. The first kappa shape index (κ1) is 17.3. The SMILES string of the molecule is Cn1c(N[C@H]2CCCC[C@H]2OC2CCCC2)nc2c1c(=O)[nH]c(=O)n2C. The van der Waals surface area contributed by atoms with Crippen LogP contribution in [0, 0.1) is 0 Å². The van der Waals surface area contributed by atoms with Gasteiger partial charge in [0.1, 0.15) is 0 Å². The van der Waals surface area contributed by atoms with E-state index in [0.29, 0.717) is 23.2 Å². The number of aromatic nitrogens is 4. The molecule has 0 amide bonds. The summed E-state index contributed by atoms with van der Waals surface area (Å²) < 4.78 is 9.50. The van der Waals surface area contributed by atoms with Crippen LogP contribution in [0.15, 0.2) is 9.59 Å². The van der Waals surface area contributed by atoms with Crippen LogP contribution in [-0.2, 0) is 18.8 Å². The number of aryl methyl sites for hydroxylation is 2. The van der Waals surface area contributed by atoms with Gasteiger partial charge in [-0.2, -0.15) is 4.98 Å². The van der Waals surface area contributed by atoms with Crippen LogP contribution < -0.4 is 16.6 Å². The lowest BCUT2D eigenvalue weighted by Gasteiger charge is -2.34. The zero-order valence-electron chi connectivity index (χ0n) is 15.5. The van der Waals surface area contributed by atoms with Crippen LogP contribution in [0.3, 0.4) is 0 Å². The van der Waals surface area contributed by atoms with Gasteiger partial charge in [0.15, 0.2) is 11.2 Å². The number of rotatable bonds is 4. The van der Waals surface area contributed by atoms with Crippen molar-refractivity contribution >= 4 is 17.1 Å². The fraction of sp³-hybridized carbons (Fsp3) is 0.722. The van der Waals surface area contributed by atoms with Crippen molar-refractivity contribution in [2.75, 3.05) is 5.32 Å². The maximum atomic E-state index is 12.2. The van der Waals surface area contributed by atoms with E-state index < -0.39 is 11.2 Å². The Bertz CT molecular complexity index is 906. The van der Waals surface area contributed by atoms with E-state index in [-0.39, 0.29) is 12.1 Å². The highest BCUT2D eigenvalue weighted by Crippen LogP contribution is 2.30. The number of nitrogens with one attached hydrogen (secondary N) is 2. The van der Waals surface area contributed by atoms with Crippen molar-refractivity contribution in [2.24, 2.45) is 14.1 Å². The van der Waals surface area contributed by atoms with Gasteiger partial charge in [-0.05, 0) is 25.7 Å². The highest BCUT2D eigenvalue weighted by Gasteiger charge is 2.30. The Balaban J connectivity index is 1.61. The third-order valence-corrected chi connectivity index (χ3v) is 5.82. The second kappa shape index (κ2) is 6.90. The molecule has 0 bridgehead atoms. The standard InChI is InChI=1S/C18H27N5O3/c1-22-14-15(23(2)18(25)21-16(14)24)20-17(22)19-12-9-5-6-10-13(12)26-11-7-3-4-8-11/h11-13H,3-10H2,1-2H3,(H,19,20)(H,21,24,25)/t12-,13+/m0/s1. The molecule has 0 unspecified atom stereocenters. The Morgan fingerprint density at radius 3 is 2.50 bits per heavy atom. The lowest BCUT2D eigenvalue weighted by atomic mass is 9.92. The molecule has 2 aliphatic carbocycles. The highest BCUT2D eigenvalue weighted by atomic mass is 16.5. The van der Waals surface area contributed by atoms with Crippen LogP contribution in [-0.4, -0.2) is 37.4 Å². The Hall–Kier alpha value is -2.09. The third kappa shape index (κ3) is 3.06. The number of aromatic amines is 1. The van der Waals surface area contributed by atoms with E-state index in [1.807, 2.05) is 0 Å². The summed E-state index contributed by atoms with van der Waals surface area (Å²) in [6, 6.07) is 0.177. The molecule has 2 aliphatic rings. The number of anilines is 1. The second-order valence-corrected chi connectivity index (χ2v) is 7.60. The maximum absolute atomic E-state index is 12.2. The molecule has 2 fully saturated rings. The summed E-state index contributed by atoms with van der Waals surface area (Å²) in [6.45, 7) is 0. The molecule has 0 aromatic carbocycles. The van der Waals surface area contributed by atoms with Crippen LogP contribution in [0.1, 0.15) is 51.4 Å². The number of ether oxygens (including phenoxy) is 1. The van der Waals surface area contributed by atoms with Gasteiger partial charge in [0.05, 0.1) is 18.2 Å². The van der Waals surface area contributed by atoms with Gasteiger partial charge < -0.3 is 14.6 Å². The molecule has 4 rings (SSSR count). The van der Waals surface area contributed by atoms with Gasteiger partial charge >= 0.3 is 5.69 Å².